The molecular formula is C41H38ClN7O4. The molecule has 2 fully saturated rings. The van der Waals surface area contributed by atoms with Crippen LogP contribution in [0.3, 0.4) is 0 Å². The maximum atomic E-state index is 11.8. The number of aliphatic carboxylic acids is 1. The second-order valence-electron chi connectivity index (χ2n) is 14.5. The van der Waals surface area contributed by atoms with Gasteiger partial charge in [-0.3, -0.25) is 19.6 Å². The number of aliphatic hydroxyl groups excluding tert-OH is 1. The molecule has 0 saturated carbocycles. The van der Waals surface area contributed by atoms with Crippen molar-refractivity contribution in [1.82, 2.24) is 24.8 Å². The summed E-state index contributed by atoms with van der Waals surface area (Å²) >= 11 is 7.12. The molecule has 2 atom stereocenters. The molecule has 8 rings (SSSR count). The van der Waals surface area contributed by atoms with Gasteiger partial charge in [-0.15, -0.1) is 0 Å². The lowest BCUT2D eigenvalue weighted by Crippen LogP contribution is -2.31. The quantitative estimate of drug-likeness (QED) is 0.135. The Morgan fingerprint density at radius 3 is 2.62 bits per heavy atom. The minimum atomic E-state index is -0.791. The fourth-order valence-corrected chi connectivity index (χ4v) is 7.90. The number of halogens is 1. The summed E-state index contributed by atoms with van der Waals surface area (Å²) in [6.07, 6.45) is 4.72. The van der Waals surface area contributed by atoms with E-state index in [0.29, 0.717) is 71.7 Å². The number of carboxylic acids is 1. The van der Waals surface area contributed by atoms with Gasteiger partial charge in [0.1, 0.15) is 17.1 Å². The number of nitrogens with zero attached hydrogens (tertiary/aromatic N) is 6. The van der Waals surface area contributed by atoms with Gasteiger partial charge in [-0.1, -0.05) is 35.9 Å². The summed E-state index contributed by atoms with van der Waals surface area (Å²) in [6, 6.07) is 21.7. The van der Waals surface area contributed by atoms with E-state index in [1.54, 1.807) is 19.2 Å². The van der Waals surface area contributed by atoms with E-state index in [-0.39, 0.29) is 6.10 Å². The lowest BCUT2D eigenvalue weighted by Gasteiger charge is -2.20. The zero-order valence-corrected chi connectivity index (χ0v) is 30.2. The fraction of sp³-hybridized carbons (Fsp3) is 0.293. The lowest BCUT2D eigenvalue weighted by atomic mass is 9.90. The number of β-amino-alcohol motifs (C(OH)–C–C–N with tert-alkyl or cyclic N) is 1. The predicted octanol–water partition coefficient (Wildman–Crippen LogP) is 7.55. The van der Waals surface area contributed by atoms with Gasteiger partial charge in [0.05, 0.1) is 27.8 Å². The van der Waals surface area contributed by atoms with Crippen LogP contribution in [0.5, 0.6) is 0 Å². The first kappa shape index (κ1) is 34.7. The number of aromatic nitrogens is 3. The molecule has 0 amide bonds. The molecule has 268 valence electrons. The summed E-state index contributed by atoms with van der Waals surface area (Å²) in [5, 5.41) is 34.5. The highest BCUT2D eigenvalue weighted by Gasteiger charge is 2.40. The van der Waals surface area contributed by atoms with Gasteiger partial charge < -0.3 is 19.9 Å². The Labute approximate surface area is 311 Å². The number of oxazole rings is 1. The standard InChI is InChI=1S/C41H38ClN7O4/c1-24-30(5-3-6-31(24)39-47-34-17-25(15-28(18-43)37(34)53-39)20-49-14-11-41(2,23-49)40(51)52)32-7-4-8-33(35(32)42)46-38-36-27(9-12-44-38)16-26(19-45-36)21-48-13-10-29(50)22-48/h3-9,12,15-17,19,29,50H,10-11,13-14,20-23H2,1-2H3,(H,44,46)(H,51,52). The molecule has 0 spiro atoms. The molecule has 3 aromatic heterocycles. The number of anilines is 2. The third-order valence-electron chi connectivity index (χ3n) is 10.6. The Kier molecular flexibility index (Phi) is 9.08. The molecule has 0 bridgehead atoms. The monoisotopic (exact) mass is 727 g/mol. The first-order valence-electron chi connectivity index (χ1n) is 17.7. The minimum absolute atomic E-state index is 0.267. The molecule has 2 saturated heterocycles. The van der Waals surface area contributed by atoms with Crippen molar-refractivity contribution in [1.29, 1.82) is 5.26 Å². The van der Waals surface area contributed by atoms with E-state index in [1.165, 1.54) is 0 Å². The molecule has 12 heteroatoms. The van der Waals surface area contributed by atoms with Crippen molar-refractivity contribution in [2.45, 2.75) is 45.9 Å². The number of fused-ring (bicyclic) bond motifs is 2. The second kappa shape index (κ2) is 13.9. The smallest absolute Gasteiger partial charge is 0.310 e. The Hall–Kier alpha value is -5.38. The van der Waals surface area contributed by atoms with Crippen LogP contribution in [-0.2, 0) is 17.9 Å². The maximum Gasteiger partial charge on any atom is 0.310 e. The van der Waals surface area contributed by atoms with Crippen molar-refractivity contribution < 1.29 is 19.4 Å². The average Bonchev–Trinajstić information content (AvgIpc) is 3.87. The van der Waals surface area contributed by atoms with Gasteiger partial charge >= 0.3 is 5.97 Å². The van der Waals surface area contributed by atoms with Gasteiger partial charge in [0, 0.05) is 61.6 Å². The van der Waals surface area contributed by atoms with Gasteiger partial charge in [-0.25, -0.2) is 9.97 Å². The van der Waals surface area contributed by atoms with E-state index in [0.717, 1.165) is 63.8 Å². The molecule has 0 aliphatic carbocycles. The zero-order valence-electron chi connectivity index (χ0n) is 29.4. The molecule has 2 aliphatic rings. The van der Waals surface area contributed by atoms with Crippen LogP contribution < -0.4 is 5.32 Å². The number of carboxylic acid groups (broad SMARTS) is 1. The number of pyridine rings is 2. The topological polar surface area (TPSA) is 152 Å². The molecule has 2 unspecified atom stereocenters. The van der Waals surface area contributed by atoms with Crippen molar-refractivity contribution in [3.8, 4) is 28.7 Å². The van der Waals surface area contributed by atoms with E-state index in [4.69, 9.17) is 26.0 Å². The number of nitriles is 1. The fourth-order valence-electron chi connectivity index (χ4n) is 7.63. The number of hydrogen-bond donors (Lipinski definition) is 3. The molecule has 5 heterocycles. The van der Waals surface area contributed by atoms with Gasteiger partial charge in [0.25, 0.3) is 0 Å². The lowest BCUT2D eigenvalue weighted by molar-refractivity contribution is -0.147. The van der Waals surface area contributed by atoms with Gasteiger partial charge in [0.2, 0.25) is 5.89 Å². The third-order valence-corrected chi connectivity index (χ3v) is 11.0. The summed E-state index contributed by atoms with van der Waals surface area (Å²) in [6.45, 7) is 7.68. The number of carbonyl (C=O) groups is 1. The molecule has 3 aromatic carbocycles. The summed E-state index contributed by atoms with van der Waals surface area (Å²) < 4.78 is 6.26. The Balaban J connectivity index is 1.07. The first-order valence-corrected chi connectivity index (χ1v) is 18.1. The van der Waals surface area contributed by atoms with Crippen LogP contribution in [-0.4, -0.2) is 73.2 Å². The Bertz CT molecular complexity index is 2440. The zero-order chi connectivity index (χ0) is 36.9. The molecule has 3 N–H and O–H groups in total. The molecular weight excluding hydrogens is 690 g/mol. The van der Waals surface area contributed by atoms with Crippen LogP contribution in [0.15, 0.2) is 77.5 Å². The van der Waals surface area contributed by atoms with Crippen LogP contribution in [0.4, 0.5) is 11.5 Å². The van der Waals surface area contributed by atoms with E-state index >= 15 is 0 Å². The van der Waals surface area contributed by atoms with Crippen molar-refractivity contribution in [3.63, 3.8) is 0 Å². The van der Waals surface area contributed by atoms with Crippen LogP contribution in [0.1, 0.15) is 42.0 Å². The SMILES string of the molecule is Cc1c(-c2nc3cc(CN4CCC(C)(C(=O)O)C4)cc(C#N)c3o2)cccc1-c1cccc(Nc2nccc3cc(CN4CCC(O)C4)cnc23)c1Cl. The van der Waals surface area contributed by atoms with Crippen molar-refractivity contribution in [3.05, 3.63) is 100 Å². The highest BCUT2D eigenvalue weighted by molar-refractivity contribution is 6.36. The van der Waals surface area contributed by atoms with E-state index in [1.807, 2.05) is 61.7 Å². The predicted molar refractivity (Wildman–Crippen MR) is 204 cm³/mol. The molecule has 2 aliphatic heterocycles. The second-order valence-corrected chi connectivity index (χ2v) is 14.8. The van der Waals surface area contributed by atoms with Crippen LogP contribution in [0.2, 0.25) is 5.02 Å². The summed E-state index contributed by atoms with van der Waals surface area (Å²) in [4.78, 5) is 30.3. The molecule has 0 radical (unpaired) electrons. The highest BCUT2D eigenvalue weighted by Crippen LogP contribution is 2.40. The largest absolute Gasteiger partial charge is 0.481 e. The number of hydrogen-bond acceptors (Lipinski definition) is 10. The normalized spacial score (nSPS) is 19.3. The highest BCUT2D eigenvalue weighted by atomic mass is 35.5. The number of benzene rings is 3. The van der Waals surface area contributed by atoms with Crippen molar-refractivity contribution in [2.24, 2.45) is 5.41 Å². The van der Waals surface area contributed by atoms with Crippen molar-refractivity contribution in [2.75, 3.05) is 31.5 Å². The van der Waals surface area contributed by atoms with Crippen LogP contribution >= 0.6 is 11.6 Å². The van der Waals surface area contributed by atoms with E-state index in [9.17, 15) is 20.3 Å². The van der Waals surface area contributed by atoms with Crippen molar-refractivity contribution >= 4 is 51.1 Å². The summed E-state index contributed by atoms with van der Waals surface area (Å²) in [5.41, 5.74) is 7.35. The van der Waals surface area contributed by atoms with Gasteiger partial charge in [-0.05, 0) is 91.9 Å². The van der Waals surface area contributed by atoms with Gasteiger partial charge in [-0.2, -0.15) is 5.26 Å². The number of likely N-dealkylation sites (tertiary alicyclic amines) is 2. The molecule has 53 heavy (non-hydrogen) atoms. The van der Waals surface area contributed by atoms with E-state index < -0.39 is 11.4 Å². The number of nitrogens with one attached hydrogen (secondary N) is 1. The molecule has 6 aromatic rings. The minimum Gasteiger partial charge on any atom is -0.481 e. The Morgan fingerprint density at radius 1 is 1.06 bits per heavy atom. The van der Waals surface area contributed by atoms with E-state index in [2.05, 4.69) is 32.2 Å². The number of rotatable bonds is 9. The third kappa shape index (κ3) is 6.71. The van der Waals surface area contributed by atoms with Crippen LogP contribution in [0.25, 0.3) is 44.6 Å². The molecule has 11 nitrogen and oxygen atoms in total. The van der Waals surface area contributed by atoms with Gasteiger partial charge in [0.15, 0.2) is 11.4 Å². The Morgan fingerprint density at radius 2 is 1.85 bits per heavy atom. The maximum absolute atomic E-state index is 11.8. The summed E-state index contributed by atoms with van der Waals surface area (Å²) in [5.74, 6) is 0.194. The average molecular weight is 728 g/mol. The summed E-state index contributed by atoms with van der Waals surface area (Å²) in [7, 11) is 0. The first-order chi connectivity index (χ1) is 25.6. The number of aliphatic hydroxyl groups is 1. The van der Waals surface area contributed by atoms with Crippen LogP contribution in [0, 0.1) is 23.7 Å².